The van der Waals surface area contributed by atoms with Crippen molar-refractivity contribution in [3.8, 4) is 0 Å². The van der Waals surface area contributed by atoms with Crippen molar-refractivity contribution < 1.29 is 0 Å². The monoisotopic (exact) mass is 202 g/mol. The molecule has 0 saturated heterocycles. The second kappa shape index (κ2) is 4.78. The third-order valence-corrected chi connectivity index (χ3v) is 2.27. The lowest BCUT2D eigenvalue weighted by Gasteiger charge is -2.20. The zero-order chi connectivity index (χ0) is 11.3. The predicted octanol–water partition coefficient (Wildman–Crippen LogP) is 3.07. The molecule has 0 radical (unpaired) electrons. The average Bonchev–Trinajstić information content (AvgIpc) is 2.18. The van der Waals surface area contributed by atoms with Crippen LogP contribution < -0.4 is 5.73 Å². The summed E-state index contributed by atoms with van der Waals surface area (Å²) in [7, 11) is 0. The number of rotatable bonds is 3. The highest BCUT2D eigenvalue weighted by Crippen LogP contribution is 2.27. The number of nitrogens with two attached hydrogens (primary N) is 1. The van der Waals surface area contributed by atoms with E-state index in [0.717, 1.165) is 11.4 Å². The fourth-order valence-corrected chi connectivity index (χ4v) is 1.44. The van der Waals surface area contributed by atoms with Crippen LogP contribution in [0.2, 0.25) is 0 Å². The zero-order valence-corrected chi connectivity index (χ0v) is 9.57. The van der Waals surface area contributed by atoms with Crippen molar-refractivity contribution in [3.05, 3.63) is 48.3 Å². The van der Waals surface area contributed by atoms with Gasteiger partial charge in [-0.1, -0.05) is 38.2 Å². The van der Waals surface area contributed by atoms with E-state index in [1.807, 2.05) is 37.3 Å². The molecule has 2 nitrogen and oxygen atoms in total. The first-order valence-electron chi connectivity index (χ1n) is 5.09. The summed E-state index contributed by atoms with van der Waals surface area (Å²) in [5, 5.41) is 0. The zero-order valence-electron chi connectivity index (χ0n) is 9.57. The van der Waals surface area contributed by atoms with Crippen LogP contribution in [0.25, 0.3) is 0 Å². The summed E-state index contributed by atoms with van der Waals surface area (Å²) in [6.45, 7) is 6.20. The number of anilines is 1. The maximum Gasteiger partial charge on any atom is 0.0726 e. The van der Waals surface area contributed by atoms with Gasteiger partial charge in [-0.15, -0.1) is 0 Å². The number of aromatic nitrogens is 1. The Balaban J connectivity index is 3.00. The lowest BCUT2D eigenvalue weighted by Crippen LogP contribution is -2.17. The van der Waals surface area contributed by atoms with Crippen LogP contribution in [0.5, 0.6) is 0 Å². The molecule has 1 aromatic rings. The minimum atomic E-state index is -0.134. The van der Waals surface area contributed by atoms with E-state index in [-0.39, 0.29) is 5.41 Å². The van der Waals surface area contributed by atoms with E-state index < -0.39 is 0 Å². The molecule has 2 N–H and O–H groups in total. The number of hydrogen-bond donors (Lipinski definition) is 1. The molecular weight excluding hydrogens is 184 g/mol. The fourth-order valence-electron chi connectivity index (χ4n) is 1.44. The Bertz CT molecular complexity index is 376. The van der Waals surface area contributed by atoms with Gasteiger partial charge in [0, 0.05) is 11.6 Å². The van der Waals surface area contributed by atoms with E-state index in [4.69, 9.17) is 5.73 Å². The summed E-state index contributed by atoms with van der Waals surface area (Å²) in [4.78, 5) is 4.33. The quantitative estimate of drug-likeness (QED) is 0.765. The van der Waals surface area contributed by atoms with Crippen molar-refractivity contribution in [3.63, 3.8) is 0 Å². The minimum absolute atomic E-state index is 0.134. The lowest BCUT2D eigenvalue weighted by molar-refractivity contribution is 0.646. The van der Waals surface area contributed by atoms with E-state index in [9.17, 15) is 0 Å². The Morgan fingerprint density at radius 2 is 2.07 bits per heavy atom. The molecule has 0 unspecified atom stereocenters. The molecule has 0 aliphatic rings. The highest BCUT2D eigenvalue weighted by molar-refractivity contribution is 5.47. The van der Waals surface area contributed by atoms with E-state index in [2.05, 4.69) is 24.9 Å². The van der Waals surface area contributed by atoms with Gasteiger partial charge in [0.2, 0.25) is 0 Å². The van der Waals surface area contributed by atoms with Crippen LogP contribution >= 0.6 is 0 Å². The first-order chi connectivity index (χ1) is 7.08. The topological polar surface area (TPSA) is 38.9 Å². The maximum atomic E-state index is 5.90. The Hall–Kier alpha value is -1.57. The van der Waals surface area contributed by atoms with Crippen molar-refractivity contribution in [1.82, 2.24) is 4.98 Å². The van der Waals surface area contributed by atoms with Gasteiger partial charge in [0.1, 0.15) is 0 Å². The first-order valence-corrected chi connectivity index (χ1v) is 5.09. The van der Waals surface area contributed by atoms with Gasteiger partial charge in [-0.25, -0.2) is 0 Å². The molecule has 0 aliphatic carbocycles. The highest BCUT2D eigenvalue weighted by atomic mass is 14.7. The summed E-state index contributed by atoms with van der Waals surface area (Å²) < 4.78 is 0. The SMILES string of the molecule is C/C=C\C=C\C(C)(C)c1ncccc1N. The molecule has 0 bridgehead atoms. The molecule has 80 valence electrons. The van der Waals surface area contributed by atoms with Crippen LogP contribution in [-0.4, -0.2) is 4.98 Å². The standard InChI is InChI=1S/C13H18N2/c1-4-5-6-9-13(2,3)12-11(14)8-7-10-15-12/h4-10H,14H2,1-3H3/b5-4-,9-6+. The molecule has 0 atom stereocenters. The predicted molar refractivity (Wildman–Crippen MR) is 65.6 cm³/mol. The molecule has 0 aromatic carbocycles. The molecule has 0 fully saturated rings. The van der Waals surface area contributed by atoms with Gasteiger partial charge in [-0.2, -0.15) is 0 Å². The van der Waals surface area contributed by atoms with Gasteiger partial charge < -0.3 is 5.73 Å². The molecule has 15 heavy (non-hydrogen) atoms. The third-order valence-electron chi connectivity index (χ3n) is 2.27. The van der Waals surface area contributed by atoms with Gasteiger partial charge in [0.15, 0.2) is 0 Å². The van der Waals surface area contributed by atoms with Gasteiger partial charge in [-0.05, 0) is 19.1 Å². The van der Waals surface area contributed by atoms with Crippen LogP contribution in [0, 0.1) is 0 Å². The van der Waals surface area contributed by atoms with Crippen molar-refractivity contribution in [2.75, 3.05) is 5.73 Å². The largest absolute Gasteiger partial charge is 0.397 e. The van der Waals surface area contributed by atoms with Gasteiger partial charge in [0.25, 0.3) is 0 Å². The van der Waals surface area contributed by atoms with Crippen LogP contribution in [0.15, 0.2) is 42.6 Å². The molecule has 0 spiro atoms. The summed E-state index contributed by atoms with van der Waals surface area (Å²) in [5.41, 5.74) is 7.43. The summed E-state index contributed by atoms with van der Waals surface area (Å²) in [6.07, 6.45) is 9.89. The van der Waals surface area contributed by atoms with E-state index in [1.54, 1.807) is 6.20 Å². The van der Waals surface area contributed by atoms with Gasteiger partial charge in [-0.3, -0.25) is 4.98 Å². The number of hydrogen-bond acceptors (Lipinski definition) is 2. The Labute approximate surface area is 91.5 Å². The molecule has 0 aliphatic heterocycles. The molecular formula is C13H18N2. The second-order valence-electron chi connectivity index (χ2n) is 4.05. The number of nitrogens with zero attached hydrogens (tertiary/aromatic N) is 1. The van der Waals surface area contributed by atoms with Crippen LogP contribution in [-0.2, 0) is 5.41 Å². The summed E-state index contributed by atoms with van der Waals surface area (Å²) in [5.74, 6) is 0. The van der Waals surface area contributed by atoms with Crippen LogP contribution in [0.1, 0.15) is 26.5 Å². The smallest absolute Gasteiger partial charge is 0.0726 e. The Morgan fingerprint density at radius 3 is 2.67 bits per heavy atom. The first kappa shape index (κ1) is 11.5. The molecule has 1 aromatic heterocycles. The molecule has 1 heterocycles. The minimum Gasteiger partial charge on any atom is -0.397 e. The molecule has 0 saturated carbocycles. The Kier molecular flexibility index (Phi) is 3.67. The summed E-state index contributed by atoms with van der Waals surface area (Å²) >= 11 is 0. The van der Waals surface area contributed by atoms with Gasteiger partial charge in [0.05, 0.1) is 11.4 Å². The lowest BCUT2D eigenvalue weighted by atomic mass is 9.87. The van der Waals surface area contributed by atoms with Crippen molar-refractivity contribution >= 4 is 5.69 Å². The third kappa shape index (κ3) is 2.94. The molecule has 0 amide bonds. The molecule has 1 rings (SSSR count). The van der Waals surface area contributed by atoms with Crippen molar-refractivity contribution in [2.45, 2.75) is 26.2 Å². The fraction of sp³-hybridized carbons (Fsp3) is 0.308. The van der Waals surface area contributed by atoms with Crippen molar-refractivity contribution in [1.29, 1.82) is 0 Å². The number of allylic oxidation sites excluding steroid dienone is 4. The molecule has 2 heteroatoms. The second-order valence-corrected chi connectivity index (χ2v) is 4.05. The normalized spacial score (nSPS) is 12.7. The van der Waals surface area contributed by atoms with E-state index >= 15 is 0 Å². The Morgan fingerprint density at radius 1 is 1.33 bits per heavy atom. The number of pyridine rings is 1. The van der Waals surface area contributed by atoms with Crippen molar-refractivity contribution in [2.24, 2.45) is 0 Å². The summed E-state index contributed by atoms with van der Waals surface area (Å²) in [6, 6.07) is 3.73. The maximum absolute atomic E-state index is 5.90. The van der Waals surface area contributed by atoms with E-state index in [1.165, 1.54) is 0 Å². The van der Waals surface area contributed by atoms with E-state index in [0.29, 0.717) is 0 Å². The van der Waals surface area contributed by atoms with Gasteiger partial charge >= 0.3 is 0 Å². The van der Waals surface area contributed by atoms with Crippen LogP contribution in [0.3, 0.4) is 0 Å². The van der Waals surface area contributed by atoms with Crippen LogP contribution in [0.4, 0.5) is 5.69 Å². The number of nitrogen functional groups attached to an aromatic ring is 1. The average molecular weight is 202 g/mol. The highest BCUT2D eigenvalue weighted by Gasteiger charge is 2.20.